The summed E-state index contributed by atoms with van der Waals surface area (Å²) in [6.45, 7) is 4.01. The number of carbonyl (C=O) groups is 2. The highest BCUT2D eigenvalue weighted by molar-refractivity contribution is 6.06. The number of carbonyl (C=O) groups excluding carboxylic acids is 2. The summed E-state index contributed by atoms with van der Waals surface area (Å²) in [5.41, 5.74) is -0.680. The van der Waals surface area contributed by atoms with Crippen molar-refractivity contribution in [3.05, 3.63) is 0 Å². The first kappa shape index (κ1) is 14.0. The summed E-state index contributed by atoms with van der Waals surface area (Å²) in [7, 11) is 0. The van der Waals surface area contributed by atoms with Gasteiger partial charge in [-0.15, -0.1) is 0 Å². The van der Waals surface area contributed by atoms with Crippen molar-refractivity contribution >= 4 is 11.9 Å². The summed E-state index contributed by atoms with van der Waals surface area (Å²) in [6.07, 6.45) is 9.28. The van der Waals surface area contributed by atoms with Crippen molar-refractivity contribution in [2.24, 2.45) is 0 Å². The molecule has 1 heterocycles. The summed E-state index contributed by atoms with van der Waals surface area (Å²) in [6, 6.07) is -0.361. The zero-order chi connectivity index (χ0) is 12.7. The lowest BCUT2D eigenvalue weighted by molar-refractivity contribution is -0.123. The van der Waals surface area contributed by atoms with E-state index in [4.69, 9.17) is 0 Å². The second-order valence-electron chi connectivity index (χ2n) is 5.11. The largest absolute Gasteiger partial charge is 0.324 e. The van der Waals surface area contributed by atoms with Crippen molar-refractivity contribution in [2.45, 2.75) is 70.8 Å². The Bertz CT molecular complexity index is 279. The summed E-state index contributed by atoms with van der Waals surface area (Å²) in [5.74, 6) is -0.187. The zero-order valence-electron chi connectivity index (χ0n) is 11.0. The van der Waals surface area contributed by atoms with Crippen LogP contribution in [-0.4, -0.2) is 17.5 Å². The maximum atomic E-state index is 11.5. The molecule has 4 nitrogen and oxygen atoms in total. The molecule has 1 aliphatic rings. The number of nitrogens with one attached hydrogen (secondary N) is 2. The van der Waals surface area contributed by atoms with Crippen LogP contribution in [0.15, 0.2) is 0 Å². The Morgan fingerprint density at radius 1 is 1.00 bits per heavy atom. The molecule has 0 aliphatic carbocycles. The molecule has 0 bridgehead atoms. The number of unbranched alkanes of at least 4 members (excludes halogenated alkanes) is 6. The minimum Gasteiger partial charge on any atom is -0.324 e. The molecular formula is C13H24N2O2. The van der Waals surface area contributed by atoms with Crippen LogP contribution in [0.25, 0.3) is 0 Å². The molecule has 0 aromatic heterocycles. The van der Waals surface area contributed by atoms with Gasteiger partial charge in [-0.25, -0.2) is 4.79 Å². The molecule has 0 spiro atoms. The third-order valence-electron chi connectivity index (χ3n) is 3.40. The van der Waals surface area contributed by atoms with Crippen LogP contribution < -0.4 is 10.6 Å². The summed E-state index contributed by atoms with van der Waals surface area (Å²) in [5, 5.41) is 4.98. The summed E-state index contributed by atoms with van der Waals surface area (Å²) in [4.78, 5) is 22.6. The van der Waals surface area contributed by atoms with Crippen LogP contribution in [0.1, 0.15) is 65.2 Å². The molecular weight excluding hydrogens is 216 g/mol. The second kappa shape index (κ2) is 6.62. The molecule has 1 atom stereocenters. The first-order valence-corrected chi connectivity index (χ1v) is 6.72. The van der Waals surface area contributed by atoms with E-state index in [1.165, 1.54) is 32.1 Å². The van der Waals surface area contributed by atoms with Crippen LogP contribution in [0, 0.1) is 0 Å². The highest BCUT2D eigenvalue weighted by Crippen LogP contribution is 2.19. The standard InChI is InChI=1S/C13H24N2O2/c1-3-4-5-6-7-8-9-10-13(2)11(16)14-12(17)15-13/h3-10H2,1-2H3,(H2,14,15,16,17)/t13-/m1/s1. The number of imide groups is 1. The Hall–Kier alpha value is -1.06. The molecule has 0 aromatic rings. The van der Waals surface area contributed by atoms with Gasteiger partial charge in [0.05, 0.1) is 0 Å². The molecule has 0 unspecified atom stereocenters. The first-order valence-electron chi connectivity index (χ1n) is 6.72. The van der Waals surface area contributed by atoms with E-state index in [9.17, 15) is 9.59 Å². The molecule has 2 N–H and O–H groups in total. The number of amides is 3. The number of hydrogen-bond acceptors (Lipinski definition) is 2. The molecule has 1 fully saturated rings. The quantitative estimate of drug-likeness (QED) is 0.506. The SMILES string of the molecule is CCCCCCCCC[C@@]1(C)NC(=O)NC1=O. The Kier molecular flexibility index (Phi) is 5.45. The fourth-order valence-electron chi connectivity index (χ4n) is 2.19. The van der Waals surface area contributed by atoms with Crippen LogP contribution in [0.4, 0.5) is 4.79 Å². The van der Waals surface area contributed by atoms with Crippen molar-refractivity contribution < 1.29 is 9.59 Å². The van der Waals surface area contributed by atoms with E-state index in [0.717, 1.165) is 19.3 Å². The lowest BCUT2D eigenvalue weighted by Gasteiger charge is -2.19. The van der Waals surface area contributed by atoms with Crippen molar-refractivity contribution in [1.82, 2.24) is 10.6 Å². The van der Waals surface area contributed by atoms with Crippen molar-refractivity contribution in [2.75, 3.05) is 0 Å². The first-order chi connectivity index (χ1) is 8.08. The lowest BCUT2D eigenvalue weighted by atomic mass is 9.94. The van der Waals surface area contributed by atoms with Gasteiger partial charge in [0.1, 0.15) is 5.54 Å². The minimum atomic E-state index is -0.680. The molecule has 98 valence electrons. The van der Waals surface area contributed by atoms with E-state index in [-0.39, 0.29) is 11.9 Å². The average molecular weight is 240 g/mol. The van der Waals surface area contributed by atoms with Crippen LogP contribution in [0.2, 0.25) is 0 Å². The van der Waals surface area contributed by atoms with Crippen LogP contribution in [0.3, 0.4) is 0 Å². The molecule has 4 heteroatoms. The maximum Gasteiger partial charge on any atom is 0.322 e. The average Bonchev–Trinajstić information content (AvgIpc) is 2.52. The number of rotatable bonds is 8. The van der Waals surface area contributed by atoms with Crippen LogP contribution in [-0.2, 0) is 4.79 Å². The lowest BCUT2D eigenvalue weighted by Crippen LogP contribution is -2.43. The van der Waals surface area contributed by atoms with Crippen LogP contribution >= 0.6 is 0 Å². The number of hydrogen-bond donors (Lipinski definition) is 2. The highest BCUT2D eigenvalue weighted by Gasteiger charge is 2.40. The van der Waals surface area contributed by atoms with E-state index in [2.05, 4.69) is 17.6 Å². The van der Waals surface area contributed by atoms with Gasteiger partial charge in [0.15, 0.2) is 0 Å². The van der Waals surface area contributed by atoms with Crippen molar-refractivity contribution in [3.63, 3.8) is 0 Å². The minimum absolute atomic E-state index is 0.187. The predicted molar refractivity (Wildman–Crippen MR) is 67.7 cm³/mol. The maximum absolute atomic E-state index is 11.5. The normalized spacial score (nSPS) is 23.6. The topological polar surface area (TPSA) is 58.2 Å². The predicted octanol–water partition coefficient (Wildman–Crippen LogP) is 2.73. The van der Waals surface area contributed by atoms with E-state index in [1.54, 1.807) is 6.92 Å². The smallest absolute Gasteiger partial charge is 0.322 e. The van der Waals surface area contributed by atoms with Gasteiger partial charge in [-0.3, -0.25) is 10.1 Å². The number of urea groups is 1. The third kappa shape index (κ3) is 4.36. The zero-order valence-corrected chi connectivity index (χ0v) is 11.0. The molecule has 1 rings (SSSR count). The van der Waals surface area contributed by atoms with E-state index in [1.807, 2.05) is 0 Å². The van der Waals surface area contributed by atoms with Gasteiger partial charge >= 0.3 is 6.03 Å². The van der Waals surface area contributed by atoms with E-state index >= 15 is 0 Å². The van der Waals surface area contributed by atoms with Gasteiger partial charge in [0.2, 0.25) is 0 Å². The monoisotopic (exact) mass is 240 g/mol. The van der Waals surface area contributed by atoms with Crippen molar-refractivity contribution in [1.29, 1.82) is 0 Å². The summed E-state index contributed by atoms with van der Waals surface area (Å²) < 4.78 is 0. The third-order valence-corrected chi connectivity index (χ3v) is 3.40. The van der Waals surface area contributed by atoms with Gasteiger partial charge in [-0.05, 0) is 13.3 Å². The van der Waals surface area contributed by atoms with Crippen LogP contribution in [0.5, 0.6) is 0 Å². The molecule has 17 heavy (non-hydrogen) atoms. The van der Waals surface area contributed by atoms with Gasteiger partial charge < -0.3 is 5.32 Å². The van der Waals surface area contributed by atoms with Crippen molar-refractivity contribution in [3.8, 4) is 0 Å². The Morgan fingerprint density at radius 3 is 2.12 bits per heavy atom. The molecule has 1 saturated heterocycles. The second-order valence-corrected chi connectivity index (χ2v) is 5.11. The van der Waals surface area contributed by atoms with E-state index < -0.39 is 5.54 Å². The van der Waals surface area contributed by atoms with Gasteiger partial charge in [-0.2, -0.15) is 0 Å². The summed E-state index contributed by atoms with van der Waals surface area (Å²) >= 11 is 0. The highest BCUT2D eigenvalue weighted by atomic mass is 16.2. The molecule has 0 radical (unpaired) electrons. The molecule has 3 amide bonds. The Morgan fingerprint density at radius 2 is 1.59 bits per heavy atom. The van der Waals surface area contributed by atoms with Gasteiger partial charge in [0, 0.05) is 0 Å². The Balaban J connectivity index is 2.10. The molecule has 0 aromatic carbocycles. The van der Waals surface area contributed by atoms with E-state index in [0.29, 0.717) is 0 Å². The van der Waals surface area contributed by atoms with Gasteiger partial charge in [0.25, 0.3) is 5.91 Å². The molecule has 1 aliphatic heterocycles. The Labute approximate surface area is 104 Å². The fourth-order valence-corrected chi connectivity index (χ4v) is 2.19. The van der Waals surface area contributed by atoms with Gasteiger partial charge in [-0.1, -0.05) is 51.9 Å². The fraction of sp³-hybridized carbons (Fsp3) is 0.846. The molecule has 0 saturated carbocycles.